The zero-order valence-electron chi connectivity index (χ0n) is 9.91. The highest BCUT2D eigenvalue weighted by molar-refractivity contribution is 9.11. The van der Waals surface area contributed by atoms with E-state index in [4.69, 9.17) is 23.4 Å². The normalized spacial score (nSPS) is 16.1. The quantitative estimate of drug-likeness (QED) is 0.448. The SMILES string of the molecule is C#CCOc1c(Br)cc(/C=C2\SC(=S)NC2=O)cc1Br. The second-order valence-electron chi connectivity index (χ2n) is 3.66. The molecule has 1 amide bonds. The van der Waals surface area contributed by atoms with Crippen LogP contribution in [0.25, 0.3) is 6.08 Å². The van der Waals surface area contributed by atoms with Gasteiger partial charge in [0.15, 0.2) is 0 Å². The first kappa shape index (κ1) is 15.6. The molecule has 1 fully saturated rings. The molecule has 1 aromatic carbocycles. The van der Waals surface area contributed by atoms with Crippen LogP contribution < -0.4 is 10.1 Å². The highest BCUT2D eigenvalue weighted by Gasteiger charge is 2.22. The maximum Gasteiger partial charge on any atom is 0.263 e. The zero-order valence-corrected chi connectivity index (χ0v) is 14.7. The summed E-state index contributed by atoms with van der Waals surface area (Å²) in [4.78, 5) is 12.2. The summed E-state index contributed by atoms with van der Waals surface area (Å²) in [6, 6.07) is 3.69. The molecule has 7 heteroatoms. The fourth-order valence-electron chi connectivity index (χ4n) is 1.49. The van der Waals surface area contributed by atoms with Crippen LogP contribution in [-0.2, 0) is 4.79 Å². The van der Waals surface area contributed by atoms with E-state index in [9.17, 15) is 4.79 Å². The van der Waals surface area contributed by atoms with Crippen molar-refractivity contribution in [3.63, 3.8) is 0 Å². The molecule has 102 valence electrons. The second-order valence-corrected chi connectivity index (χ2v) is 7.09. The molecule has 1 N–H and O–H groups in total. The van der Waals surface area contributed by atoms with Crippen LogP contribution in [0.1, 0.15) is 5.56 Å². The lowest BCUT2D eigenvalue weighted by molar-refractivity contribution is -0.115. The van der Waals surface area contributed by atoms with Gasteiger partial charge in [0.05, 0.1) is 13.9 Å². The molecule has 0 atom stereocenters. The molecule has 0 saturated carbocycles. The number of terminal acetylenes is 1. The summed E-state index contributed by atoms with van der Waals surface area (Å²) in [5.41, 5.74) is 0.846. The van der Waals surface area contributed by atoms with Crippen molar-refractivity contribution in [1.82, 2.24) is 5.32 Å². The summed E-state index contributed by atoms with van der Waals surface area (Å²) in [5, 5.41) is 2.57. The average molecular weight is 433 g/mol. The van der Waals surface area contributed by atoms with Crippen molar-refractivity contribution >= 4 is 72.1 Å². The molecule has 2 rings (SSSR count). The minimum atomic E-state index is -0.181. The molecule has 0 aliphatic carbocycles. The van der Waals surface area contributed by atoms with Gasteiger partial charge in [0.2, 0.25) is 0 Å². The first-order valence-corrected chi connectivity index (χ1v) is 8.12. The van der Waals surface area contributed by atoms with Crippen molar-refractivity contribution in [2.75, 3.05) is 6.61 Å². The van der Waals surface area contributed by atoms with Crippen LogP contribution in [0.15, 0.2) is 26.0 Å². The first-order chi connectivity index (χ1) is 9.51. The van der Waals surface area contributed by atoms with E-state index in [2.05, 4.69) is 43.1 Å². The van der Waals surface area contributed by atoms with Gasteiger partial charge >= 0.3 is 0 Å². The smallest absolute Gasteiger partial charge is 0.263 e. The Hall–Kier alpha value is -0.810. The van der Waals surface area contributed by atoms with Crippen molar-refractivity contribution in [2.45, 2.75) is 0 Å². The van der Waals surface area contributed by atoms with Gasteiger partial charge in [0.25, 0.3) is 5.91 Å². The monoisotopic (exact) mass is 431 g/mol. The topological polar surface area (TPSA) is 38.3 Å². The lowest BCUT2D eigenvalue weighted by Gasteiger charge is -2.09. The number of hydrogen-bond donors (Lipinski definition) is 1. The summed E-state index contributed by atoms with van der Waals surface area (Å²) < 4.78 is 7.39. The van der Waals surface area contributed by atoms with Crippen molar-refractivity contribution in [3.8, 4) is 18.1 Å². The van der Waals surface area contributed by atoms with Crippen molar-refractivity contribution in [2.24, 2.45) is 0 Å². The number of thioether (sulfide) groups is 1. The Morgan fingerprint density at radius 1 is 1.45 bits per heavy atom. The van der Waals surface area contributed by atoms with Crippen LogP contribution in [0.2, 0.25) is 0 Å². The number of halogens is 2. The van der Waals surface area contributed by atoms with Crippen LogP contribution in [-0.4, -0.2) is 16.8 Å². The van der Waals surface area contributed by atoms with Crippen LogP contribution in [0.3, 0.4) is 0 Å². The summed E-state index contributed by atoms with van der Waals surface area (Å²) in [7, 11) is 0. The number of carbonyl (C=O) groups is 1. The summed E-state index contributed by atoms with van der Waals surface area (Å²) in [6.07, 6.45) is 6.93. The molecule has 3 nitrogen and oxygen atoms in total. The van der Waals surface area contributed by atoms with Gasteiger partial charge in [0.1, 0.15) is 16.7 Å². The Kier molecular flexibility index (Phi) is 5.27. The number of ether oxygens (including phenoxy) is 1. The van der Waals surface area contributed by atoms with Crippen molar-refractivity contribution in [3.05, 3.63) is 31.5 Å². The maximum absolute atomic E-state index is 11.6. The molecule has 0 spiro atoms. The third kappa shape index (κ3) is 3.64. The maximum atomic E-state index is 11.6. The number of benzene rings is 1. The predicted molar refractivity (Wildman–Crippen MR) is 92.5 cm³/mol. The number of thiocarbonyl (C=S) groups is 1. The Morgan fingerprint density at radius 3 is 2.60 bits per heavy atom. The van der Waals surface area contributed by atoms with Crippen LogP contribution in [0.5, 0.6) is 5.75 Å². The molecule has 0 aromatic heterocycles. The molecule has 1 saturated heterocycles. The molecule has 0 radical (unpaired) electrons. The number of rotatable bonds is 3. The zero-order chi connectivity index (χ0) is 14.7. The summed E-state index contributed by atoms with van der Waals surface area (Å²) in [5.74, 6) is 2.86. The fraction of sp³-hybridized carbons (Fsp3) is 0.0769. The summed E-state index contributed by atoms with van der Waals surface area (Å²) >= 11 is 13.0. The van der Waals surface area contributed by atoms with E-state index in [0.717, 1.165) is 14.5 Å². The van der Waals surface area contributed by atoms with E-state index in [1.54, 1.807) is 6.08 Å². The average Bonchev–Trinajstić information content (AvgIpc) is 2.67. The van der Waals surface area contributed by atoms with Crippen molar-refractivity contribution < 1.29 is 9.53 Å². The van der Waals surface area contributed by atoms with Gasteiger partial charge in [-0.25, -0.2) is 0 Å². The Morgan fingerprint density at radius 2 is 2.10 bits per heavy atom. The predicted octanol–water partition coefficient (Wildman–Crippen LogP) is 3.71. The highest BCUT2D eigenvalue weighted by Crippen LogP contribution is 2.36. The van der Waals surface area contributed by atoms with Gasteiger partial charge in [-0.1, -0.05) is 29.9 Å². The molecule has 0 unspecified atom stereocenters. The Bertz CT molecular complexity index is 642. The molecular formula is C13H7Br2NO2S2. The molecule has 1 heterocycles. The number of carbonyl (C=O) groups excluding carboxylic acids is 1. The van der Waals surface area contributed by atoms with E-state index in [1.165, 1.54) is 11.8 Å². The molecule has 1 aliphatic rings. The molecule has 0 bridgehead atoms. The fourth-order valence-corrected chi connectivity index (χ4v) is 3.98. The van der Waals surface area contributed by atoms with E-state index in [0.29, 0.717) is 15.0 Å². The number of nitrogens with one attached hydrogen (secondary N) is 1. The number of hydrogen-bond acceptors (Lipinski definition) is 4. The van der Waals surface area contributed by atoms with Crippen LogP contribution >= 0.6 is 55.8 Å². The lowest BCUT2D eigenvalue weighted by Crippen LogP contribution is -2.17. The molecule has 1 aromatic rings. The largest absolute Gasteiger partial charge is 0.479 e. The van der Waals surface area contributed by atoms with Gasteiger partial charge in [-0.05, 0) is 55.6 Å². The lowest BCUT2D eigenvalue weighted by atomic mass is 10.2. The van der Waals surface area contributed by atoms with E-state index >= 15 is 0 Å². The number of amides is 1. The first-order valence-electron chi connectivity index (χ1n) is 5.31. The molecule has 1 aliphatic heterocycles. The van der Waals surface area contributed by atoms with Gasteiger partial charge in [-0.15, -0.1) is 6.42 Å². The van der Waals surface area contributed by atoms with E-state index in [1.807, 2.05) is 12.1 Å². The van der Waals surface area contributed by atoms with Crippen molar-refractivity contribution in [1.29, 1.82) is 0 Å². The third-order valence-corrected chi connectivity index (χ3v) is 4.60. The van der Waals surface area contributed by atoms with E-state index < -0.39 is 0 Å². The highest BCUT2D eigenvalue weighted by atomic mass is 79.9. The summed E-state index contributed by atoms with van der Waals surface area (Å²) in [6.45, 7) is 0.185. The van der Waals surface area contributed by atoms with Crippen LogP contribution in [0.4, 0.5) is 0 Å². The van der Waals surface area contributed by atoms with Gasteiger partial charge < -0.3 is 10.1 Å². The van der Waals surface area contributed by atoms with E-state index in [-0.39, 0.29) is 12.5 Å². The standard InChI is InChI=1S/C13H7Br2NO2S2/c1-2-3-18-11-8(14)4-7(5-9(11)15)6-10-12(17)16-13(19)20-10/h1,4-6H,3H2,(H,16,17,19)/b10-6-. The molecular weight excluding hydrogens is 426 g/mol. The Balaban J connectivity index is 2.31. The minimum absolute atomic E-state index is 0.181. The molecule has 20 heavy (non-hydrogen) atoms. The second kappa shape index (κ2) is 6.76. The minimum Gasteiger partial charge on any atom is -0.479 e. The Labute approximate surface area is 142 Å². The van der Waals surface area contributed by atoms with Gasteiger partial charge in [0, 0.05) is 0 Å². The van der Waals surface area contributed by atoms with Crippen LogP contribution in [0, 0.1) is 12.3 Å². The third-order valence-electron chi connectivity index (χ3n) is 2.26. The van der Waals surface area contributed by atoms with Gasteiger partial charge in [-0.3, -0.25) is 4.79 Å². The van der Waals surface area contributed by atoms with Gasteiger partial charge in [-0.2, -0.15) is 0 Å².